The van der Waals surface area contributed by atoms with Gasteiger partial charge in [-0.1, -0.05) is 30.3 Å². The second kappa shape index (κ2) is 6.75. The standard InChI is InChI=1S/C17H16BrN5/c1-11-6-5-7-12(2)16(11)21-15-10-19-23-17(22-15)20-14-9-4-3-8-13(14)18/h3-10H,1-2H3,(H2,20,21,22,23). The van der Waals surface area contributed by atoms with Gasteiger partial charge in [0.15, 0.2) is 5.82 Å². The van der Waals surface area contributed by atoms with Crippen LogP contribution >= 0.6 is 15.9 Å². The first-order valence-corrected chi connectivity index (χ1v) is 7.97. The third kappa shape index (κ3) is 3.65. The Hall–Kier alpha value is -2.47. The van der Waals surface area contributed by atoms with Crippen LogP contribution in [0.3, 0.4) is 0 Å². The van der Waals surface area contributed by atoms with Crippen molar-refractivity contribution in [1.82, 2.24) is 15.2 Å². The average molecular weight is 370 g/mol. The van der Waals surface area contributed by atoms with Crippen LogP contribution in [0.25, 0.3) is 0 Å². The minimum Gasteiger partial charge on any atom is -0.338 e. The fourth-order valence-corrected chi connectivity index (χ4v) is 2.62. The number of nitrogens with one attached hydrogen (secondary N) is 2. The SMILES string of the molecule is Cc1cccc(C)c1Nc1cnnc(Nc2ccccc2Br)n1. The number of benzene rings is 2. The van der Waals surface area contributed by atoms with Gasteiger partial charge < -0.3 is 10.6 Å². The van der Waals surface area contributed by atoms with Gasteiger partial charge in [0, 0.05) is 10.2 Å². The van der Waals surface area contributed by atoms with Crippen molar-refractivity contribution in [3.05, 3.63) is 64.3 Å². The molecule has 116 valence electrons. The topological polar surface area (TPSA) is 62.7 Å². The van der Waals surface area contributed by atoms with Crippen molar-refractivity contribution >= 4 is 39.1 Å². The van der Waals surface area contributed by atoms with Crippen molar-refractivity contribution in [2.75, 3.05) is 10.6 Å². The fraction of sp³-hybridized carbons (Fsp3) is 0.118. The van der Waals surface area contributed by atoms with Crippen LogP contribution in [0.5, 0.6) is 0 Å². The average Bonchev–Trinajstić information content (AvgIpc) is 2.54. The number of hydrogen-bond acceptors (Lipinski definition) is 5. The van der Waals surface area contributed by atoms with Crippen LogP contribution in [0.1, 0.15) is 11.1 Å². The number of aryl methyl sites for hydroxylation is 2. The number of rotatable bonds is 4. The maximum Gasteiger partial charge on any atom is 0.249 e. The molecule has 0 spiro atoms. The molecule has 0 fully saturated rings. The summed E-state index contributed by atoms with van der Waals surface area (Å²) >= 11 is 3.49. The number of anilines is 4. The van der Waals surface area contributed by atoms with E-state index < -0.39 is 0 Å². The molecule has 0 aliphatic carbocycles. The van der Waals surface area contributed by atoms with Crippen molar-refractivity contribution in [3.8, 4) is 0 Å². The Kier molecular flexibility index (Phi) is 4.52. The van der Waals surface area contributed by atoms with E-state index in [-0.39, 0.29) is 0 Å². The van der Waals surface area contributed by atoms with Gasteiger partial charge in [0.2, 0.25) is 5.95 Å². The third-order valence-corrected chi connectivity index (χ3v) is 4.10. The lowest BCUT2D eigenvalue weighted by atomic mass is 10.1. The van der Waals surface area contributed by atoms with Crippen molar-refractivity contribution in [3.63, 3.8) is 0 Å². The summed E-state index contributed by atoms with van der Waals surface area (Å²) in [5.41, 5.74) is 4.24. The third-order valence-electron chi connectivity index (χ3n) is 3.41. The van der Waals surface area contributed by atoms with E-state index in [1.807, 2.05) is 30.3 Å². The predicted molar refractivity (Wildman–Crippen MR) is 96.5 cm³/mol. The molecule has 2 N–H and O–H groups in total. The quantitative estimate of drug-likeness (QED) is 0.695. The Morgan fingerprint density at radius 2 is 1.65 bits per heavy atom. The summed E-state index contributed by atoms with van der Waals surface area (Å²) in [6, 6.07) is 13.9. The van der Waals surface area contributed by atoms with Crippen LogP contribution in [0.4, 0.5) is 23.1 Å². The lowest BCUT2D eigenvalue weighted by Gasteiger charge is -2.12. The molecule has 1 heterocycles. The highest BCUT2D eigenvalue weighted by molar-refractivity contribution is 9.10. The lowest BCUT2D eigenvalue weighted by molar-refractivity contribution is 0.981. The zero-order valence-corrected chi connectivity index (χ0v) is 14.4. The smallest absolute Gasteiger partial charge is 0.249 e. The molecule has 0 unspecified atom stereocenters. The molecule has 3 aromatic rings. The predicted octanol–water partition coefficient (Wildman–Crippen LogP) is 4.74. The van der Waals surface area contributed by atoms with Crippen LogP contribution < -0.4 is 10.6 Å². The highest BCUT2D eigenvalue weighted by atomic mass is 79.9. The zero-order chi connectivity index (χ0) is 16.2. The molecular weight excluding hydrogens is 354 g/mol. The maximum atomic E-state index is 4.47. The largest absolute Gasteiger partial charge is 0.338 e. The first kappa shape index (κ1) is 15.4. The molecule has 23 heavy (non-hydrogen) atoms. The molecule has 0 saturated carbocycles. The Morgan fingerprint density at radius 3 is 2.39 bits per heavy atom. The van der Waals surface area contributed by atoms with Crippen molar-refractivity contribution in [2.45, 2.75) is 13.8 Å². The fourth-order valence-electron chi connectivity index (χ4n) is 2.24. The molecule has 1 aromatic heterocycles. The summed E-state index contributed by atoms with van der Waals surface area (Å²) in [4.78, 5) is 4.47. The number of halogens is 1. The van der Waals surface area contributed by atoms with Crippen molar-refractivity contribution in [2.24, 2.45) is 0 Å². The van der Waals surface area contributed by atoms with Gasteiger partial charge in [-0.2, -0.15) is 10.1 Å². The van der Waals surface area contributed by atoms with Crippen molar-refractivity contribution in [1.29, 1.82) is 0 Å². The van der Waals surface area contributed by atoms with E-state index in [0.717, 1.165) is 27.0 Å². The first-order chi connectivity index (χ1) is 11.1. The van der Waals surface area contributed by atoms with Crippen molar-refractivity contribution < 1.29 is 0 Å². The summed E-state index contributed by atoms with van der Waals surface area (Å²) < 4.78 is 0.941. The molecule has 0 radical (unpaired) electrons. The monoisotopic (exact) mass is 369 g/mol. The summed E-state index contributed by atoms with van der Waals surface area (Å²) in [6.07, 6.45) is 1.61. The molecule has 6 heteroatoms. The number of nitrogens with zero attached hydrogens (tertiary/aromatic N) is 3. The second-order valence-corrected chi connectivity index (χ2v) is 6.02. The van der Waals surface area contributed by atoms with Gasteiger partial charge in [0.25, 0.3) is 0 Å². The maximum absolute atomic E-state index is 4.47. The van der Waals surface area contributed by atoms with E-state index in [4.69, 9.17) is 0 Å². The zero-order valence-electron chi connectivity index (χ0n) is 12.8. The van der Waals surface area contributed by atoms with Gasteiger partial charge in [0.05, 0.1) is 11.9 Å². The van der Waals surface area contributed by atoms with E-state index in [2.05, 4.69) is 67.7 Å². The van der Waals surface area contributed by atoms with Crippen LogP contribution in [-0.2, 0) is 0 Å². The van der Waals surface area contributed by atoms with Crippen LogP contribution in [-0.4, -0.2) is 15.2 Å². The van der Waals surface area contributed by atoms with E-state index >= 15 is 0 Å². The van der Waals surface area contributed by atoms with E-state index in [9.17, 15) is 0 Å². The van der Waals surface area contributed by atoms with Gasteiger partial charge in [-0.05, 0) is 53.0 Å². The Balaban J connectivity index is 1.84. The summed E-state index contributed by atoms with van der Waals surface area (Å²) in [5.74, 6) is 1.08. The summed E-state index contributed by atoms with van der Waals surface area (Å²) in [7, 11) is 0. The van der Waals surface area contributed by atoms with E-state index in [0.29, 0.717) is 11.8 Å². The minimum atomic E-state index is 0.438. The second-order valence-electron chi connectivity index (χ2n) is 5.16. The van der Waals surface area contributed by atoms with Gasteiger partial charge in [-0.3, -0.25) is 0 Å². The molecule has 0 bridgehead atoms. The number of para-hydroxylation sites is 2. The molecule has 2 aromatic carbocycles. The van der Waals surface area contributed by atoms with Crippen LogP contribution in [0.2, 0.25) is 0 Å². The Bertz CT molecular complexity index is 814. The van der Waals surface area contributed by atoms with Gasteiger partial charge in [-0.25, -0.2) is 0 Å². The highest BCUT2D eigenvalue weighted by Crippen LogP contribution is 2.25. The molecule has 3 rings (SSSR count). The number of hydrogen-bond donors (Lipinski definition) is 2. The molecule has 0 aliphatic heterocycles. The van der Waals surface area contributed by atoms with Crippen LogP contribution in [0, 0.1) is 13.8 Å². The molecule has 5 nitrogen and oxygen atoms in total. The highest BCUT2D eigenvalue weighted by Gasteiger charge is 2.06. The van der Waals surface area contributed by atoms with E-state index in [1.165, 1.54) is 0 Å². The van der Waals surface area contributed by atoms with Gasteiger partial charge in [0.1, 0.15) is 0 Å². The normalized spacial score (nSPS) is 10.4. The molecule has 0 saturated heterocycles. The minimum absolute atomic E-state index is 0.438. The Morgan fingerprint density at radius 1 is 0.913 bits per heavy atom. The summed E-state index contributed by atoms with van der Waals surface area (Å²) in [5, 5.41) is 14.5. The summed E-state index contributed by atoms with van der Waals surface area (Å²) in [6.45, 7) is 4.12. The van der Waals surface area contributed by atoms with E-state index in [1.54, 1.807) is 6.20 Å². The molecule has 0 atom stereocenters. The molecule has 0 amide bonds. The van der Waals surface area contributed by atoms with Crippen LogP contribution in [0.15, 0.2) is 53.1 Å². The lowest BCUT2D eigenvalue weighted by Crippen LogP contribution is -2.04. The molecule has 0 aliphatic rings. The molecular formula is C17H16BrN5. The van der Waals surface area contributed by atoms with Gasteiger partial charge >= 0.3 is 0 Å². The first-order valence-electron chi connectivity index (χ1n) is 7.18. The van der Waals surface area contributed by atoms with Gasteiger partial charge in [-0.15, -0.1) is 5.10 Å². The number of aromatic nitrogens is 3. The Labute approximate surface area is 143 Å².